The quantitative estimate of drug-likeness (QED) is 0.604. The van der Waals surface area contributed by atoms with Crippen molar-refractivity contribution in [2.75, 3.05) is 20.1 Å². The second-order valence-electron chi connectivity index (χ2n) is 5.44. The Balaban J connectivity index is 1.70. The van der Waals surface area contributed by atoms with Crippen LogP contribution in [-0.4, -0.2) is 48.1 Å². The molecule has 0 spiro atoms. The van der Waals surface area contributed by atoms with Gasteiger partial charge in [0.2, 0.25) is 0 Å². The molecule has 2 saturated heterocycles. The molecule has 3 heterocycles. The topological polar surface area (TPSA) is 6.48 Å². The fourth-order valence-corrected chi connectivity index (χ4v) is 3.62. The molecular weight excluding hydrogens is 184 g/mol. The van der Waals surface area contributed by atoms with Gasteiger partial charge in [-0.05, 0) is 52.2 Å². The first kappa shape index (κ1) is 9.86. The molecule has 2 bridgehead atoms. The van der Waals surface area contributed by atoms with Gasteiger partial charge in [0.05, 0.1) is 0 Å². The maximum atomic E-state index is 2.84. The lowest BCUT2D eigenvalue weighted by molar-refractivity contribution is 0.0863. The Morgan fingerprint density at radius 3 is 2.53 bits per heavy atom. The highest BCUT2D eigenvalue weighted by Gasteiger charge is 2.38. The number of piperidine rings is 1. The number of likely N-dealkylation sites (tertiary alicyclic amines) is 1. The average molecular weight is 206 g/mol. The summed E-state index contributed by atoms with van der Waals surface area (Å²) < 4.78 is 0. The average Bonchev–Trinajstić information content (AvgIpc) is 2.51. The van der Waals surface area contributed by atoms with Crippen LogP contribution in [0.4, 0.5) is 0 Å². The molecule has 2 fully saturated rings. The molecule has 0 saturated carbocycles. The molecule has 15 heavy (non-hydrogen) atoms. The third kappa shape index (κ3) is 1.74. The summed E-state index contributed by atoms with van der Waals surface area (Å²) in [6.07, 6.45) is 11.8. The molecule has 2 atom stereocenters. The van der Waals surface area contributed by atoms with Crippen LogP contribution in [0.25, 0.3) is 0 Å². The van der Waals surface area contributed by atoms with Crippen molar-refractivity contribution in [1.82, 2.24) is 9.80 Å². The van der Waals surface area contributed by atoms with Gasteiger partial charge >= 0.3 is 0 Å². The molecule has 0 aliphatic carbocycles. The highest BCUT2D eigenvalue weighted by Crippen LogP contribution is 2.35. The van der Waals surface area contributed by atoms with Crippen LogP contribution in [0.15, 0.2) is 12.2 Å². The Bertz CT molecular complexity index is 253. The Kier molecular flexibility index (Phi) is 2.57. The molecule has 84 valence electrons. The van der Waals surface area contributed by atoms with Crippen molar-refractivity contribution in [3.63, 3.8) is 0 Å². The fraction of sp³-hybridized carbons (Fsp3) is 0.846. The van der Waals surface area contributed by atoms with Gasteiger partial charge < -0.3 is 4.90 Å². The summed E-state index contributed by atoms with van der Waals surface area (Å²) in [7, 11) is 2.25. The van der Waals surface area contributed by atoms with E-state index in [0.717, 1.165) is 18.1 Å². The normalized spacial score (nSPS) is 38.7. The Morgan fingerprint density at radius 1 is 1.00 bits per heavy atom. The zero-order valence-corrected chi connectivity index (χ0v) is 9.73. The lowest BCUT2D eigenvalue weighted by Gasteiger charge is -2.42. The van der Waals surface area contributed by atoms with Gasteiger partial charge in [-0.15, -0.1) is 0 Å². The van der Waals surface area contributed by atoms with Crippen molar-refractivity contribution in [3.05, 3.63) is 12.2 Å². The second kappa shape index (κ2) is 3.91. The zero-order valence-electron chi connectivity index (χ0n) is 9.73. The molecule has 3 aliphatic heterocycles. The van der Waals surface area contributed by atoms with Crippen molar-refractivity contribution in [1.29, 1.82) is 0 Å². The lowest BCUT2D eigenvalue weighted by atomic mass is 9.98. The maximum Gasteiger partial charge on any atom is 0.0284 e. The summed E-state index contributed by atoms with van der Waals surface area (Å²) in [6.45, 7) is 2.59. The summed E-state index contributed by atoms with van der Waals surface area (Å²) >= 11 is 0. The molecular formula is C13H22N2. The van der Waals surface area contributed by atoms with Gasteiger partial charge in [-0.25, -0.2) is 0 Å². The van der Waals surface area contributed by atoms with Crippen LogP contribution in [0.1, 0.15) is 32.1 Å². The maximum absolute atomic E-state index is 2.84. The van der Waals surface area contributed by atoms with E-state index in [0.29, 0.717) is 0 Å². The van der Waals surface area contributed by atoms with E-state index in [2.05, 4.69) is 29.0 Å². The van der Waals surface area contributed by atoms with Crippen LogP contribution in [0.2, 0.25) is 0 Å². The van der Waals surface area contributed by atoms with Gasteiger partial charge in [-0.3, -0.25) is 4.90 Å². The molecule has 3 aliphatic rings. The first-order valence-electron chi connectivity index (χ1n) is 6.47. The molecule has 2 heteroatoms. The smallest absolute Gasteiger partial charge is 0.0284 e. The molecule has 0 aromatic rings. The van der Waals surface area contributed by atoms with Gasteiger partial charge in [0.15, 0.2) is 0 Å². The Hall–Kier alpha value is -0.340. The van der Waals surface area contributed by atoms with Gasteiger partial charge in [-0.1, -0.05) is 12.2 Å². The van der Waals surface area contributed by atoms with Crippen molar-refractivity contribution >= 4 is 0 Å². The van der Waals surface area contributed by atoms with E-state index in [9.17, 15) is 0 Å². The van der Waals surface area contributed by atoms with E-state index in [-0.39, 0.29) is 0 Å². The van der Waals surface area contributed by atoms with Crippen LogP contribution in [0.5, 0.6) is 0 Å². The number of nitrogens with zero attached hydrogens (tertiary/aromatic N) is 2. The Morgan fingerprint density at radius 2 is 1.80 bits per heavy atom. The van der Waals surface area contributed by atoms with Gasteiger partial charge in [-0.2, -0.15) is 0 Å². The predicted molar refractivity (Wildman–Crippen MR) is 62.9 cm³/mol. The van der Waals surface area contributed by atoms with Gasteiger partial charge in [0.1, 0.15) is 0 Å². The third-order valence-electron chi connectivity index (χ3n) is 4.48. The van der Waals surface area contributed by atoms with Crippen molar-refractivity contribution in [2.45, 2.75) is 50.2 Å². The molecule has 0 amide bonds. The summed E-state index contributed by atoms with van der Waals surface area (Å²) in [5, 5.41) is 0. The van der Waals surface area contributed by atoms with Crippen LogP contribution >= 0.6 is 0 Å². The monoisotopic (exact) mass is 206 g/mol. The highest BCUT2D eigenvalue weighted by atomic mass is 15.3. The first-order valence-corrected chi connectivity index (χ1v) is 6.47. The predicted octanol–water partition coefficient (Wildman–Crippen LogP) is 1.87. The minimum Gasteiger partial charge on any atom is -0.306 e. The summed E-state index contributed by atoms with van der Waals surface area (Å²) in [5.74, 6) is 0. The van der Waals surface area contributed by atoms with Crippen LogP contribution in [0, 0.1) is 0 Å². The second-order valence-corrected chi connectivity index (χ2v) is 5.44. The number of rotatable bonds is 1. The minimum atomic E-state index is 0.789. The molecule has 0 radical (unpaired) electrons. The standard InChI is InChI=1S/C13H22N2/c1-14-9-7-13(8-10-14)15-11-3-2-4-12(15)6-5-11/h2-3,11-13H,4-10H2,1H3. The van der Waals surface area contributed by atoms with Crippen LogP contribution in [0.3, 0.4) is 0 Å². The van der Waals surface area contributed by atoms with E-state index >= 15 is 0 Å². The SMILES string of the molecule is CN1CCC(N2C3C=CCC2CC3)CC1. The largest absolute Gasteiger partial charge is 0.306 e. The summed E-state index contributed by atoms with van der Waals surface area (Å²) in [6, 6.07) is 2.55. The van der Waals surface area contributed by atoms with E-state index in [1.807, 2.05) is 0 Å². The number of hydrogen-bond acceptors (Lipinski definition) is 2. The van der Waals surface area contributed by atoms with E-state index < -0.39 is 0 Å². The van der Waals surface area contributed by atoms with Gasteiger partial charge in [0.25, 0.3) is 0 Å². The Labute approximate surface area is 92.9 Å². The number of hydrogen-bond donors (Lipinski definition) is 0. The van der Waals surface area contributed by atoms with Crippen LogP contribution < -0.4 is 0 Å². The van der Waals surface area contributed by atoms with E-state index in [1.54, 1.807) is 0 Å². The minimum absolute atomic E-state index is 0.789. The summed E-state index contributed by atoms with van der Waals surface area (Å²) in [4.78, 5) is 5.31. The number of fused-ring (bicyclic) bond motifs is 2. The van der Waals surface area contributed by atoms with Crippen LogP contribution in [-0.2, 0) is 0 Å². The van der Waals surface area contributed by atoms with Crippen molar-refractivity contribution < 1.29 is 0 Å². The lowest BCUT2D eigenvalue weighted by Crippen LogP contribution is -2.49. The molecule has 2 nitrogen and oxygen atoms in total. The molecule has 0 aromatic heterocycles. The summed E-state index contributed by atoms with van der Waals surface area (Å²) in [5.41, 5.74) is 0. The first-order chi connectivity index (χ1) is 7.34. The molecule has 2 unspecified atom stereocenters. The third-order valence-corrected chi connectivity index (χ3v) is 4.48. The molecule has 0 N–H and O–H groups in total. The molecule has 0 aromatic carbocycles. The molecule has 3 rings (SSSR count). The van der Waals surface area contributed by atoms with Gasteiger partial charge in [0, 0.05) is 18.1 Å². The van der Waals surface area contributed by atoms with Crippen molar-refractivity contribution in [3.8, 4) is 0 Å². The zero-order chi connectivity index (χ0) is 10.3. The highest BCUT2D eigenvalue weighted by molar-refractivity contribution is 5.10. The van der Waals surface area contributed by atoms with E-state index in [4.69, 9.17) is 0 Å². The fourth-order valence-electron chi connectivity index (χ4n) is 3.62. The van der Waals surface area contributed by atoms with E-state index in [1.165, 1.54) is 45.2 Å². The van der Waals surface area contributed by atoms with Crippen molar-refractivity contribution in [2.24, 2.45) is 0 Å².